The molecule has 3 heterocycles. The van der Waals surface area contributed by atoms with Crippen LogP contribution in [-0.4, -0.2) is 29.7 Å². The van der Waals surface area contributed by atoms with Gasteiger partial charge < -0.3 is 14.0 Å². The third-order valence-corrected chi connectivity index (χ3v) is 9.72. The number of hydrogen-bond donors (Lipinski definition) is 0. The van der Waals surface area contributed by atoms with Crippen LogP contribution < -0.4 is 16.0 Å². The third kappa shape index (κ3) is 4.27. The fourth-order valence-corrected chi connectivity index (χ4v) is 7.93. The summed E-state index contributed by atoms with van der Waals surface area (Å²) in [4.78, 5) is 5.15. The molecule has 3 aromatic carbocycles. The van der Waals surface area contributed by atoms with Crippen LogP contribution >= 0.6 is 7.92 Å². The van der Waals surface area contributed by atoms with Crippen molar-refractivity contribution in [1.29, 1.82) is 0 Å². The van der Waals surface area contributed by atoms with E-state index in [-0.39, 0.29) is 12.3 Å². The summed E-state index contributed by atoms with van der Waals surface area (Å²) in [6.45, 7) is 5.89. The molecule has 4 nitrogen and oxygen atoms in total. The van der Waals surface area contributed by atoms with Gasteiger partial charge in [0.1, 0.15) is 12.8 Å². The van der Waals surface area contributed by atoms with Crippen LogP contribution in [0.2, 0.25) is 0 Å². The lowest BCUT2D eigenvalue weighted by atomic mass is 10.1. The summed E-state index contributed by atoms with van der Waals surface area (Å²) in [7, 11) is -0.883. The Morgan fingerprint density at radius 2 is 1.53 bits per heavy atom. The molecule has 36 heavy (non-hydrogen) atoms. The molecule has 0 spiro atoms. The van der Waals surface area contributed by atoms with E-state index in [2.05, 4.69) is 103 Å². The first-order valence-corrected chi connectivity index (χ1v) is 14.4. The fraction of sp³-hybridized carbons (Fsp3) is 0.323. The molecule has 0 bridgehead atoms. The number of rotatable bonds is 6. The average Bonchev–Trinajstić information content (AvgIpc) is 3.54. The molecule has 5 heteroatoms. The fourth-order valence-electron chi connectivity index (χ4n) is 5.31. The standard InChI is InChI=1S/C31H33N2O2P/c1-22(2)26-21-35-30(32-26)29-25-17-9-10-18-27(25)33(28-19-11-12-20-34-28)31(29)36(23-13-5-3-6-14-23)24-15-7-4-8-16-24/h3-10,13-18,22,26,28H,11-12,19-21H2,1-2H3/t26-,28+/m1/s1. The van der Waals surface area contributed by atoms with Gasteiger partial charge in [-0.1, -0.05) is 92.7 Å². The van der Waals surface area contributed by atoms with Crippen LogP contribution in [0.15, 0.2) is 89.9 Å². The quantitative estimate of drug-likeness (QED) is 0.312. The van der Waals surface area contributed by atoms with Gasteiger partial charge in [-0.3, -0.25) is 0 Å². The number of aromatic nitrogens is 1. The number of hydrogen-bond acceptors (Lipinski definition) is 3. The topological polar surface area (TPSA) is 35.8 Å². The van der Waals surface area contributed by atoms with Crippen molar-refractivity contribution in [3.05, 3.63) is 90.5 Å². The van der Waals surface area contributed by atoms with Crippen molar-refractivity contribution in [3.8, 4) is 0 Å². The van der Waals surface area contributed by atoms with Crippen molar-refractivity contribution >= 4 is 40.8 Å². The van der Waals surface area contributed by atoms with Crippen LogP contribution in [0.25, 0.3) is 10.9 Å². The first-order chi connectivity index (χ1) is 17.7. The van der Waals surface area contributed by atoms with Crippen LogP contribution in [0.4, 0.5) is 0 Å². The van der Waals surface area contributed by atoms with Crippen LogP contribution in [0.5, 0.6) is 0 Å². The van der Waals surface area contributed by atoms with Crippen molar-refractivity contribution in [2.45, 2.75) is 45.4 Å². The monoisotopic (exact) mass is 496 g/mol. The van der Waals surface area contributed by atoms with Gasteiger partial charge >= 0.3 is 0 Å². The molecule has 0 radical (unpaired) electrons. The van der Waals surface area contributed by atoms with E-state index in [0.717, 1.165) is 30.9 Å². The molecule has 2 aliphatic heterocycles. The molecule has 0 amide bonds. The van der Waals surface area contributed by atoms with Crippen molar-refractivity contribution in [2.75, 3.05) is 13.2 Å². The van der Waals surface area contributed by atoms with E-state index in [9.17, 15) is 0 Å². The maximum absolute atomic E-state index is 6.46. The third-order valence-electron chi connectivity index (χ3n) is 7.23. The van der Waals surface area contributed by atoms with E-state index in [1.165, 1.54) is 33.4 Å². The summed E-state index contributed by atoms with van der Waals surface area (Å²) in [5, 5.41) is 3.84. The minimum atomic E-state index is -0.883. The smallest absolute Gasteiger partial charge is 0.219 e. The molecular formula is C31H33N2O2P. The van der Waals surface area contributed by atoms with E-state index in [1.54, 1.807) is 0 Å². The molecule has 1 fully saturated rings. The Kier molecular flexibility index (Phi) is 6.65. The Balaban J connectivity index is 1.68. The second kappa shape index (κ2) is 10.2. The van der Waals surface area contributed by atoms with Gasteiger partial charge in [-0.15, -0.1) is 0 Å². The Hall–Kier alpha value is -2.94. The first kappa shape index (κ1) is 23.5. The number of ether oxygens (including phenoxy) is 2. The van der Waals surface area contributed by atoms with Crippen LogP contribution in [0.1, 0.15) is 44.9 Å². The van der Waals surface area contributed by atoms with Gasteiger partial charge in [0.2, 0.25) is 5.90 Å². The molecular weight excluding hydrogens is 463 g/mol. The number of nitrogens with zero attached hydrogens (tertiary/aromatic N) is 2. The molecule has 2 atom stereocenters. The normalized spacial score (nSPS) is 20.2. The van der Waals surface area contributed by atoms with Crippen molar-refractivity contribution in [3.63, 3.8) is 0 Å². The Labute approximate surface area is 214 Å². The zero-order chi connectivity index (χ0) is 24.5. The maximum Gasteiger partial charge on any atom is 0.219 e. The van der Waals surface area contributed by atoms with Gasteiger partial charge in [-0.2, -0.15) is 0 Å². The highest BCUT2D eigenvalue weighted by molar-refractivity contribution is 7.79. The van der Waals surface area contributed by atoms with E-state index in [4.69, 9.17) is 14.5 Å². The number of fused-ring (bicyclic) bond motifs is 1. The van der Waals surface area contributed by atoms with Crippen LogP contribution in [0, 0.1) is 5.92 Å². The van der Waals surface area contributed by atoms with Crippen LogP contribution in [-0.2, 0) is 9.47 Å². The predicted molar refractivity (Wildman–Crippen MR) is 151 cm³/mol. The highest BCUT2D eigenvalue weighted by atomic mass is 31.1. The van der Waals surface area contributed by atoms with Gasteiger partial charge in [-0.25, -0.2) is 4.99 Å². The Morgan fingerprint density at radius 3 is 2.14 bits per heavy atom. The summed E-state index contributed by atoms with van der Waals surface area (Å²) < 4.78 is 15.3. The maximum atomic E-state index is 6.46. The highest BCUT2D eigenvalue weighted by Crippen LogP contribution is 2.41. The van der Waals surface area contributed by atoms with Gasteiger partial charge in [0.25, 0.3) is 0 Å². The molecule has 2 aliphatic rings. The Morgan fingerprint density at radius 1 is 0.861 bits per heavy atom. The number of benzene rings is 3. The molecule has 0 unspecified atom stereocenters. The Bertz CT molecular complexity index is 1320. The van der Waals surface area contributed by atoms with E-state index in [0.29, 0.717) is 12.5 Å². The van der Waals surface area contributed by atoms with Crippen LogP contribution in [0.3, 0.4) is 0 Å². The predicted octanol–water partition coefficient (Wildman–Crippen LogP) is 5.90. The van der Waals surface area contributed by atoms with Crippen molar-refractivity contribution in [1.82, 2.24) is 4.57 Å². The number of para-hydroxylation sites is 1. The molecule has 0 aliphatic carbocycles. The molecule has 0 N–H and O–H groups in total. The second-order valence-electron chi connectivity index (χ2n) is 9.97. The lowest BCUT2D eigenvalue weighted by Crippen LogP contribution is -2.33. The molecule has 1 saturated heterocycles. The zero-order valence-corrected chi connectivity index (χ0v) is 21.9. The van der Waals surface area contributed by atoms with E-state index >= 15 is 0 Å². The molecule has 1 aromatic heterocycles. The summed E-state index contributed by atoms with van der Waals surface area (Å²) in [6, 6.07) is 30.8. The average molecular weight is 497 g/mol. The molecule has 184 valence electrons. The van der Waals surface area contributed by atoms with Crippen molar-refractivity contribution in [2.24, 2.45) is 10.9 Å². The largest absolute Gasteiger partial charge is 0.475 e. The first-order valence-electron chi connectivity index (χ1n) is 13.1. The van der Waals surface area contributed by atoms with Gasteiger partial charge in [0, 0.05) is 19.9 Å². The van der Waals surface area contributed by atoms with Crippen molar-refractivity contribution < 1.29 is 9.47 Å². The van der Waals surface area contributed by atoms with Gasteiger partial charge in [-0.05, 0) is 41.9 Å². The van der Waals surface area contributed by atoms with Gasteiger partial charge in [0.15, 0.2) is 0 Å². The number of aliphatic imine (C=N–C) groups is 1. The zero-order valence-electron chi connectivity index (χ0n) is 21.0. The summed E-state index contributed by atoms with van der Waals surface area (Å²) >= 11 is 0. The lowest BCUT2D eigenvalue weighted by molar-refractivity contribution is -0.0274. The SMILES string of the molecule is CC(C)[C@H]1COC(c2c(P(c3ccccc3)c3ccccc3)n([C@@H]3CCCCO3)c3ccccc23)=N1. The van der Waals surface area contributed by atoms with E-state index < -0.39 is 7.92 Å². The minimum Gasteiger partial charge on any atom is -0.475 e. The summed E-state index contributed by atoms with van der Waals surface area (Å²) in [6.07, 6.45) is 3.32. The van der Waals surface area contributed by atoms with Gasteiger partial charge in [0.05, 0.1) is 22.6 Å². The highest BCUT2D eigenvalue weighted by Gasteiger charge is 2.35. The lowest BCUT2D eigenvalue weighted by Gasteiger charge is -2.30. The molecule has 0 saturated carbocycles. The second-order valence-corrected chi connectivity index (χ2v) is 12.1. The minimum absolute atomic E-state index is 0.00715. The summed E-state index contributed by atoms with van der Waals surface area (Å²) in [5.74, 6) is 1.22. The molecule has 4 aromatic rings. The summed E-state index contributed by atoms with van der Waals surface area (Å²) in [5.41, 5.74) is 3.62. The van der Waals surface area contributed by atoms with E-state index in [1.807, 2.05) is 0 Å². The molecule has 6 rings (SSSR count).